The number of nitrogens with one attached hydrogen (secondary N) is 2. The number of benzene rings is 2. The highest BCUT2D eigenvalue weighted by Gasteiger charge is 2.30. The second-order valence-corrected chi connectivity index (χ2v) is 7.76. The van der Waals surface area contributed by atoms with Crippen LogP contribution in [0.3, 0.4) is 0 Å². The van der Waals surface area contributed by atoms with Crippen molar-refractivity contribution in [2.24, 2.45) is 0 Å². The molecule has 0 aliphatic carbocycles. The Morgan fingerprint density at radius 3 is 2.81 bits per heavy atom. The number of imidazole rings is 1. The lowest BCUT2D eigenvalue weighted by molar-refractivity contribution is 0.0583. The zero-order valence-electron chi connectivity index (χ0n) is 15.9. The maximum Gasteiger partial charge on any atom is 0.414 e. The fourth-order valence-corrected chi connectivity index (χ4v) is 3.39. The first kappa shape index (κ1) is 17.4. The fraction of sp³-hybridized carbons (Fsp3) is 0.333. The number of rotatable bonds is 3. The van der Waals surface area contributed by atoms with Crippen molar-refractivity contribution in [1.29, 1.82) is 0 Å². The van der Waals surface area contributed by atoms with E-state index in [0.717, 1.165) is 34.7 Å². The molecule has 2 aromatic carbocycles. The van der Waals surface area contributed by atoms with Crippen molar-refractivity contribution in [3.63, 3.8) is 0 Å². The normalized spacial score (nSPS) is 13.7. The van der Waals surface area contributed by atoms with Crippen molar-refractivity contribution in [1.82, 2.24) is 9.97 Å². The summed E-state index contributed by atoms with van der Waals surface area (Å²) in [4.78, 5) is 22.2. The van der Waals surface area contributed by atoms with Crippen molar-refractivity contribution >= 4 is 28.8 Å². The highest BCUT2D eigenvalue weighted by atomic mass is 16.6. The van der Waals surface area contributed by atoms with Gasteiger partial charge in [0, 0.05) is 13.1 Å². The molecule has 0 saturated carbocycles. The van der Waals surface area contributed by atoms with Crippen LogP contribution in [0.4, 0.5) is 16.4 Å². The van der Waals surface area contributed by atoms with Gasteiger partial charge in [-0.3, -0.25) is 4.90 Å². The number of aromatic amines is 1. The molecule has 1 aromatic heterocycles. The summed E-state index contributed by atoms with van der Waals surface area (Å²) in [5, 5.41) is 3.34. The van der Waals surface area contributed by atoms with Crippen molar-refractivity contribution in [3.05, 3.63) is 53.6 Å². The molecule has 2 N–H and O–H groups in total. The molecule has 3 aromatic rings. The molecule has 27 heavy (non-hydrogen) atoms. The second kappa shape index (κ2) is 6.61. The van der Waals surface area contributed by atoms with E-state index in [0.29, 0.717) is 13.1 Å². The van der Waals surface area contributed by atoms with E-state index in [9.17, 15) is 4.79 Å². The number of H-pyrrole nitrogens is 1. The molecule has 0 fully saturated rings. The number of carbonyl (C=O) groups excluding carboxylic acids is 1. The monoisotopic (exact) mass is 364 g/mol. The molecule has 0 spiro atoms. The Hall–Kier alpha value is -3.02. The number of ether oxygens (including phenoxy) is 1. The smallest absolute Gasteiger partial charge is 0.414 e. The number of nitrogens with zero attached hydrogens (tertiary/aromatic N) is 2. The lowest BCUT2D eigenvalue weighted by Gasteiger charge is -2.26. The summed E-state index contributed by atoms with van der Waals surface area (Å²) in [5.41, 5.74) is 4.58. The Kier molecular flexibility index (Phi) is 4.26. The molecule has 0 bridgehead atoms. The first-order valence-electron chi connectivity index (χ1n) is 9.21. The molecule has 0 unspecified atom stereocenters. The van der Waals surface area contributed by atoms with Crippen molar-refractivity contribution < 1.29 is 9.53 Å². The van der Waals surface area contributed by atoms with Crippen LogP contribution in [-0.4, -0.2) is 28.2 Å². The van der Waals surface area contributed by atoms with Crippen LogP contribution in [0.25, 0.3) is 11.0 Å². The highest BCUT2D eigenvalue weighted by Crippen LogP contribution is 2.33. The summed E-state index contributed by atoms with van der Waals surface area (Å²) in [5.74, 6) is 0.718. The zero-order valence-corrected chi connectivity index (χ0v) is 15.9. The third kappa shape index (κ3) is 3.60. The van der Waals surface area contributed by atoms with Crippen LogP contribution in [0.1, 0.15) is 31.9 Å². The van der Waals surface area contributed by atoms with Gasteiger partial charge in [-0.25, -0.2) is 9.78 Å². The molecule has 6 nitrogen and oxygen atoms in total. The van der Waals surface area contributed by atoms with E-state index in [-0.39, 0.29) is 6.09 Å². The Bertz CT molecular complexity index is 954. The van der Waals surface area contributed by atoms with E-state index >= 15 is 0 Å². The molecular weight excluding hydrogens is 340 g/mol. The van der Waals surface area contributed by atoms with E-state index in [1.54, 1.807) is 4.90 Å². The summed E-state index contributed by atoms with van der Waals surface area (Å²) >= 11 is 0. The Morgan fingerprint density at radius 1 is 1.22 bits per heavy atom. The lowest BCUT2D eigenvalue weighted by atomic mass is 10.1. The molecule has 4 rings (SSSR count). The molecule has 0 atom stereocenters. The maximum atomic E-state index is 12.6. The third-order valence-corrected chi connectivity index (χ3v) is 4.53. The van der Waals surface area contributed by atoms with Gasteiger partial charge >= 0.3 is 6.09 Å². The van der Waals surface area contributed by atoms with Gasteiger partial charge < -0.3 is 15.0 Å². The van der Waals surface area contributed by atoms with Crippen LogP contribution in [-0.2, 0) is 17.7 Å². The summed E-state index contributed by atoms with van der Waals surface area (Å²) in [6.07, 6.45) is 0.546. The first-order valence-corrected chi connectivity index (χ1v) is 9.21. The van der Waals surface area contributed by atoms with E-state index in [1.165, 1.54) is 5.56 Å². The number of fused-ring (bicyclic) bond motifs is 2. The zero-order chi connectivity index (χ0) is 19.0. The van der Waals surface area contributed by atoms with Gasteiger partial charge in [-0.05, 0) is 50.5 Å². The van der Waals surface area contributed by atoms with Crippen LogP contribution in [0.5, 0.6) is 0 Å². The van der Waals surface area contributed by atoms with Gasteiger partial charge in [0.25, 0.3) is 0 Å². The maximum absolute atomic E-state index is 12.6. The van der Waals surface area contributed by atoms with Gasteiger partial charge in [0.15, 0.2) is 0 Å². The van der Waals surface area contributed by atoms with Crippen LogP contribution in [0, 0.1) is 0 Å². The number of carbonyl (C=O) groups is 1. The minimum Gasteiger partial charge on any atom is -0.443 e. The van der Waals surface area contributed by atoms with Crippen molar-refractivity contribution in [3.8, 4) is 0 Å². The summed E-state index contributed by atoms with van der Waals surface area (Å²) in [6.45, 7) is 6.87. The Balaban J connectivity index is 1.56. The van der Waals surface area contributed by atoms with Crippen LogP contribution in [0.2, 0.25) is 0 Å². The van der Waals surface area contributed by atoms with Gasteiger partial charge in [-0.2, -0.15) is 0 Å². The standard InChI is InChI=1S/C21H24N4O2/c1-21(2,3)27-20(26)25-12-11-14-7-6-8-15(18(14)25)13-22-19-23-16-9-4-5-10-17(16)24-19/h4-10H,11-13H2,1-3H3,(H2,22,23,24). The largest absolute Gasteiger partial charge is 0.443 e. The number of para-hydroxylation sites is 3. The topological polar surface area (TPSA) is 70.2 Å². The first-order chi connectivity index (χ1) is 12.9. The number of hydrogen-bond donors (Lipinski definition) is 2. The Labute approximate surface area is 158 Å². The molecule has 0 radical (unpaired) electrons. The van der Waals surface area contributed by atoms with Crippen LogP contribution >= 0.6 is 0 Å². The average molecular weight is 364 g/mol. The predicted molar refractivity (Wildman–Crippen MR) is 107 cm³/mol. The molecule has 0 saturated heterocycles. The fourth-order valence-electron chi connectivity index (χ4n) is 3.39. The van der Waals surface area contributed by atoms with Crippen LogP contribution in [0.15, 0.2) is 42.5 Å². The molecule has 140 valence electrons. The number of aromatic nitrogens is 2. The van der Waals surface area contributed by atoms with Crippen molar-refractivity contribution in [2.45, 2.75) is 39.3 Å². The number of anilines is 2. The van der Waals surface area contributed by atoms with Gasteiger partial charge in [-0.1, -0.05) is 30.3 Å². The minimum atomic E-state index is -0.513. The van der Waals surface area contributed by atoms with Crippen molar-refractivity contribution in [2.75, 3.05) is 16.8 Å². The number of hydrogen-bond acceptors (Lipinski definition) is 4. The van der Waals surface area contributed by atoms with E-state index in [4.69, 9.17) is 4.74 Å². The predicted octanol–water partition coefficient (Wildman–Crippen LogP) is 4.47. The molecule has 1 aliphatic rings. The van der Waals surface area contributed by atoms with Gasteiger partial charge in [-0.15, -0.1) is 0 Å². The van der Waals surface area contributed by atoms with Gasteiger partial charge in [0.1, 0.15) is 5.60 Å². The lowest BCUT2D eigenvalue weighted by Crippen LogP contribution is -2.36. The quantitative estimate of drug-likeness (QED) is 0.719. The van der Waals surface area contributed by atoms with E-state index in [2.05, 4.69) is 21.4 Å². The molecular formula is C21H24N4O2. The van der Waals surface area contributed by atoms with Gasteiger partial charge in [0.2, 0.25) is 5.95 Å². The van der Waals surface area contributed by atoms with E-state index < -0.39 is 5.60 Å². The molecule has 1 aliphatic heterocycles. The second-order valence-electron chi connectivity index (χ2n) is 7.76. The van der Waals surface area contributed by atoms with Gasteiger partial charge in [0.05, 0.1) is 16.7 Å². The molecule has 6 heteroatoms. The Morgan fingerprint density at radius 2 is 2.04 bits per heavy atom. The number of amides is 1. The van der Waals surface area contributed by atoms with Crippen LogP contribution < -0.4 is 10.2 Å². The third-order valence-electron chi connectivity index (χ3n) is 4.53. The minimum absolute atomic E-state index is 0.294. The molecule has 1 amide bonds. The summed E-state index contributed by atoms with van der Waals surface area (Å²) in [7, 11) is 0. The summed E-state index contributed by atoms with van der Waals surface area (Å²) in [6, 6.07) is 14.1. The van der Waals surface area contributed by atoms with E-state index in [1.807, 2.05) is 57.2 Å². The molecule has 2 heterocycles. The summed E-state index contributed by atoms with van der Waals surface area (Å²) < 4.78 is 5.58. The average Bonchev–Trinajstić information content (AvgIpc) is 3.22. The highest BCUT2D eigenvalue weighted by molar-refractivity contribution is 5.92. The SMILES string of the molecule is CC(C)(C)OC(=O)N1CCc2cccc(CNc3nc4ccccc4[nH]3)c21.